The van der Waals surface area contributed by atoms with Gasteiger partial charge < -0.3 is 24.1 Å². The second-order valence-electron chi connectivity index (χ2n) is 7.29. The third-order valence-corrected chi connectivity index (χ3v) is 5.85. The van der Waals surface area contributed by atoms with Crippen molar-refractivity contribution >= 4 is 58.0 Å². The molecule has 3 aromatic rings. The van der Waals surface area contributed by atoms with Crippen LogP contribution in [-0.4, -0.2) is 39.6 Å². The van der Waals surface area contributed by atoms with Gasteiger partial charge in [-0.2, -0.15) is 0 Å². The van der Waals surface area contributed by atoms with E-state index in [-0.39, 0.29) is 12.7 Å². The summed E-state index contributed by atoms with van der Waals surface area (Å²) in [4.78, 5) is 14.5. The summed E-state index contributed by atoms with van der Waals surface area (Å²) >= 11 is 23.6. The second-order valence-corrected chi connectivity index (χ2v) is 9.23. The Balaban J connectivity index is 1.43. The van der Waals surface area contributed by atoms with Gasteiger partial charge in [0, 0.05) is 28.7 Å². The minimum atomic E-state index is -1.14. The van der Waals surface area contributed by atoms with Gasteiger partial charge in [0.2, 0.25) is 5.79 Å². The number of carbonyl (C=O) groups is 1. The molecule has 2 aromatic carbocycles. The normalized spacial score (nSPS) is 20.2. The Labute approximate surface area is 210 Å². The molecular formula is C22H19Cl4N3O4. The summed E-state index contributed by atoms with van der Waals surface area (Å²) in [6.07, 6.45) is 4.82. The molecule has 0 aliphatic carbocycles. The van der Waals surface area contributed by atoms with Gasteiger partial charge in [0.05, 0.1) is 24.5 Å². The lowest BCUT2D eigenvalue weighted by Crippen LogP contribution is -2.34. The van der Waals surface area contributed by atoms with Crippen molar-refractivity contribution in [3.8, 4) is 5.75 Å². The number of ether oxygens (including phenoxy) is 3. The number of carbonyl (C=O) groups excluding carboxylic acids is 1. The number of nitrogens with zero attached hydrogens (tertiary/aromatic N) is 2. The molecule has 174 valence electrons. The Kier molecular flexibility index (Phi) is 7.69. The molecule has 0 unspecified atom stereocenters. The maximum absolute atomic E-state index is 11.6. The highest BCUT2D eigenvalue weighted by Crippen LogP contribution is 2.40. The van der Waals surface area contributed by atoms with Crippen LogP contribution in [0.2, 0.25) is 10.0 Å². The third kappa shape index (κ3) is 5.93. The van der Waals surface area contributed by atoms with Crippen molar-refractivity contribution in [3.63, 3.8) is 0 Å². The van der Waals surface area contributed by atoms with Crippen molar-refractivity contribution in [2.24, 2.45) is 0 Å². The lowest BCUT2D eigenvalue weighted by molar-refractivity contribution is -0.189. The third-order valence-electron chi connectivity index (χ3n) is 4.91. The van der Waals surface area contributed by atoms with Crippen LogP contribution in [0.1, 0.15) is 5.56 Å². The molecule has 33 heavy (non-hydrogen) atoms. The van der Waals surface area contributed by atoms with E-state index in [0.717, 1.165) is 0 Å². The molecule has 1 fully saturated rings. The molecule has 1 aromatic heterocycles. The first-order valence-electron chi connectivity index (χ1n) is 9.89. The van der Waals surface area contributed by atoms with E-state index in [2.05, 4.69) is 10.3 Å². The number of nitrogens with one attached hydrogen (secondary N) is 1. The Morgan fingerprint density at radius 1 is 1.24 bits per heavy atom. The molecule has 4 rings (SSSR count). The zero-order valence-corrected chi connectivity index (χ0v) is 20.1. The Bertz CT molecular complexity index is 1100. The Hall–Kier alpha value is -2.00. The summed E-state index contributed by atoms with van der Waals surface area (Å²) in [7, 11) is 0. The molecule has 1 saturated heterocycles. The number of rotatable bonds is 8. The molecule has 1 N–H and O–H groups in total. The van der Waals surface area contributed by atoms with Gasteiger partial charge in [-0.05, 0) is 36.4 Å². The summed E-state index contributed by atoms with van der Waals surface area (Å²) in [5, 5.41) is 3.56. The number of anilines is 1. The predicted molar refractivity (Wildman–Crippen MR) is 127 cm³/mol. The van der Waals surface area contributed by atoms with Gasteiger partial charge in [0.15, 0.2) is 4.84 Å². The van der Waals surface area contributed by atoms with Crippen molar-refractivity contribution in [2.45, 2.75) is 23.3 Å². The summed E-state index contributed by atoms with van der Waals surface area (Å²) < 4.78 is 20.2. The maximum atomic E-state index is 11.6. The first-order chi connectivity index (χ1) is 15.8. The number of hydrogen-bond acceptors (Lipinski definition) is 5. The number of aromatic nitrogens is 2. The fourth-order valence-corrected chi connectivity index (χ4v) is 4.06. The molecular weight excluding hydrogens is 512 g/mol. The first kappa shape index (κ1) is 24.1. The van der Waals surface area contributed by atoms with Crippen LogP contribution in [0.4, 0.5) is 5.69 Å². The molecule has 1 aliphatic rings. The zero-order chi connectivity index (χ0) is 23.4. The predicted octanol–water partition coefficient (Wildman–Crippen LogP) is 5.28. The van der Waals surface area contributed by atoms with E-state index in [1.54, 1.807) is 55.0 Å². The molecule has 0 bridgehead atoms. The lowest BCUT2D eigenvalue weighted by Gasteiger charge is -2.30. The number of benzene rings is 2. The zero-order valence-electron chi connectivity index (χ0n) is 17.1. The average molecular weight is 531 g/mol. The molecule has 2 atom stereocenters. The van der Waals surface area contributed by atoms with E-state index in [1.807, 2.05) is 10.8 Å². The van der Waals surface area contributed by atoms with E-state index < -0.39 is 16.5 Å². The number of amides is 1. The van der Waals surface area contributed by atoms with Crippen LogP contribution in [-0.2, 0) is 26.6 Å². The van der Waals surface area contributed by atoms with Crippen LogP contribution in [0.25, 0.3) is 0 Å². The average Bonchev–Trinajstić information content (AvgIpc) is 3.44. The quantitative estimate of drug-likeness (QED) is 0.401. The maximum Gasteiger partial charge on any atom is 0.257 e. The number of hydrogen-bond donors (Lipinski definition) is 1. The highest BCUT2D eigenvalue weighted by Gasteiger charge is 2.45. The van der Waals surface area contributed by atoms with E-state index in [4.69, 9.17) is 60.6 Å². The summed E-state index contributed by atoms with van der Waals surface area (Å²) in [5.74, 6) is -1.02. The standard InChI is InChI=1S/C22H19Cl4N3O4/c23-14-1-6-18(19(24)9-14)22(12-29-8-7-27-13-29)32-11-17(33-22)10-31-16-4-2-15(3-5-16)28-21(30)20(25)26/h1-9,13,17,20H,10-12H2,(H,28,30)/t17-,22-/m1/s1. The van der Waals surface area contributed by atoms with E-state index in [9.17, 15) is 4.79 Å². The molecule has 11 heteroatoms. The van der Waals surface area contributed by atoms with Crippen LogP contribution in [0.5, 0.6) is 5.75 Å². The molecule has 1 amide bonds. The molecule has 0 spiro atoms. The smallest absolute Gasteiger partial charge is 0.257 e. The Morgan fingerprint density at radius 3 is 2.70 bits per heavy atom. The van der Waals surface area contributed by atoms with E-state index in [1.165, 1.54) is 0 Å². The summed E-state index contributed by atoms with van der Waals surface area (Å²) in [6.45, 7) is 0.893. The van der Waals surface area contributed by atoms with Crippen molar-refractivity contribution in [1.29, 1.82) is 0 Å². The van der Waals surface area contributed by atoms with Crippen LogP contribution >= 0.6 is 46.4 Å². The number of alkyl halides is 2. The van der Waals surface area contributed by atoms with Gasteiger partial charge in [-0.1, -0.05) is 52.5 Å². The van der Waals surface area contributed by atoms with Crippen molar-refractivity contribution in [2.75, 3.05) is 18.5 Å². The molecule has 1 aliphatic heterocycles. The van der Waals surface area contributed by atoms with Crippen LogP contribution in [0, 0.1) is 0 Å². The molecule has 7 nitrogen and oxygen atoms in total. The fourth-order valence-electron chi connectivity index (χ4n) is 3.40. The van der Waals surface area contributed by atoms with Crippen molar-refractivity contribution in [1.82, 2.24) is 9.55 Å². The van der Waals surface area contributed by atoms with Crippen molar-refractivity contribution in [3.05, 3.63) is 76.8 Å². The second kappa shape index (κ2) is 10.5. The lowest BCUT2D eigenvalue weighted by atomic mass is 10.1. The summed E-state index contributed by atoms with van der Waals surface area (Å²) in [5.41, 5.74) is 1.22. The van der Waals surface area contributed by atoms with E-state index in [0.29, 0.717) is 40.2 Å². The number of halogens is 4. The topological polar surface area (TPSA) is 74.6 Å². The van der Waals surface area contributed by atoms with Crippen LogP contribution in [0.3, 0.4) is 0 Å². The van der Waals surface area contributed by atoms with Gasteiger partial charge in [-0.25, -0.2) is 4.98 Å². The van der Waals surface area contributed by atoms with Gasteiger partial charge in [0.25, 0.3) is 5.91 Å². The largest absolute Gasteiger partial charge is 0.491 e. The summed E-state index contributed by atoms with van der Waals surface area (Å²) in [6, 6.07) is 12.0. The monoisotopic (exact) mass is 529 g/mol. The number of imidazole rings is 1. The Morgan fingerprint density at radius 2 is 2.03 bits per heavy atom. The van der Waals surface area contributed by atoms with Gasteiger partial charge in [-0.3, -0.25) is 4.79 Å². The highest BCUT2D eigenvalue weighted by atomic mass is 35.5. The van der Waals surface area contributed by atoms with Gasteiger partial charge in [0.1, 0.15) is 18.5 Å². The van der Waals surface area contributed by atoms with Gasteiger partial charge in [-0.15, -0.1) is 0 Å². The SMILES string of the molecule is O=C(Nc1ccc(OC[C@@H]2CO[C@@](Cn3ccnc3)(c3ccc(Cl)cc3Cl)O2)cc1)C(Cl)Cl. The molecule has 0 saturated carbocycles. The fraction of sp³-hybridized carbons (Fsp3) is 0.273. The molecule has 2 heterocycles. The van der Waals surface area contributed by atoms with Crippen molar-refractivity contribution < 1.29 is 19.0 Å². The minimum absolute atomic E-state index is 0.244. The highest BCUT2D eigenvalue weighted by molar-refractivity contribution is 6.54. The van der Waals surface area contributed by atoms with Gasteiger partial charge >= 0.3 is 0 Å². The first-order valence-corrected chi connectivity index (χ1v) is 11.5. The van der Waals surface area contributed by atoms with Crippen LogP contribution < -0.4 is 10.1 Å². The van der Waals surface area contributed by atoms with Crippen LogP contribution in [0.15, 0.2) is 61.2 Å². The van der Waals surface area contributed by atoms with E-state index >= 15 is 0 Å². The molecule has 0 radical (unpaired) electrons. The minimum Gasteiger partial charge on any atom is -0.491 e.